The summed E-state index contributed by atoms with van der Waals surface area (Å²) in [5, 5.41) is 2.93. The largest absolute Gasteiger partial charge is 0.352 e. The fourth-order valence-electron chi connectivity index (χ4n) is 2.92. The molecular formula is C17H25FN2O3S. The van der Waals surface area contributed by atoms with Gasteiger partial charge in [-0.2, -0.15) is 4.72 Å². The molecule has 7 heteroatoms. The van der Waals surface area contributed by atoms with Gasteiger partial charge in [0.2, 0.25) is 15.9 Å². The maximum absolute atomic E-state index is 13.8. The van der Waals surface area contributed by atoms with Gasteiger partial charge in [-0.15, -0.1) is 0 Å². The SMILES string of the molecule is CC(C)[C@@H](NS(=O)(=O)c1ccccc1F)C(=O)NC1CCCCC1. The molecule has 0 aromatic heterocycles. The summed E-state index contributed by atoms with van der Waals surface area (Å²) in [6.45, 7) is 3.52. The standard InChI is InChI=1S/C17H25FN2O3S/c1-12(2)16(17(21)19-13-8-4-3-5-9-13)20-24(22,23)15-11-7-6-10-14(15)18/h6-7,10-13,16,20H,3-5,8-9H2,1-2H3,(H,19,21)/t16-/m1/s1. The molecule has 0 unspecified atom stereocenters. The lowest BCUT2D eigenvalue weighted by Crippen LogP contribution is -2.52. The maximum Gasteiger partial charge on any atom is 0.244 e. The Kier molecular flexibility index (Phi) is 6.34. The number of rotatable bonds is 6. The second-order valence-electron chi connectivity index (χ2n) is 6.62. The molecule has 0 saturated heterocycles. The highest BCUT2D eigenvalue weighted by atomic mass is 32.2. The van der Waals surface area contributed by atoms with Gasteiger partial charge in [-0.3, -0.25) is 4.79 Å². The van der Waals surface area contributed by atoms with E-state index in [0.29, 0.717) is 0 Å². The van der Waals surface area contributed by atoms with Crippen LogP contribution in [0.4, 0.5) is 4.39 Å². The quantitative estimate of drug-likeness (QED) is 0.823. The fourth-order valence-corrected chi connectivity index (χ4v) is 4.35. The van der Waals surface area contributed by atoms with Gasteiger partial charge in [0.15, 0.2) is 0 Å². The molecule has 1 aliphatic carbocycles. The highest BCUT2D eigenvalue weighted by molar-refractivity contribution is 7.89. The molecule has 5 nitrogen and oxygen atoms in total. The molecule has 1 atom stereocenters. The average Bonchev–Trinajstić information content (AvgIpc) is 2.53. The highest BCUT2D eigenvalue weighted by Gasteiger charge is 2.31. The van der Waals surface area contributed by atoms with Crippen LogP contribution in [0.1, 0.15) is 46.0 Å². The minimum absolute atomic E-state index is 0.0884. The number of sulfonamides is 1. The van der Waals surface area contributed by atoms with Gasteiger partial charge in [0.1, 0.15) is 16.8 Å². The van der Waals surface area contributed by atoms with Crippen LogP contribution in [0, 0.1) is 11.7 Å². The van der Waals surface area contributed by atoms with Crippen molar-refractivity contribution in [2.24, 2.45) is 5.92 Å². The summed E-state index contributed by atoms with van der Waals surface area (Å²) in [6, 6.07) is 4.30. The van der Waals surface area contributed by atoms with Crippen molar-refractivity contribution in [2.45, 2.75) is 62.9 Å². The number of carbonyl (C=O) groups excluding carboxylic acids is 1. The summed E-state index contributed by atoms with van der Waals surface area (Å²) in [6.07, 6.45) is 5.13. The maximum atomic E-state index is 13.8. The Morgan fingerprint density at radius 1 is 1.17 bits per heavy atom. The number of hydrogen-bond donors (Lipinski definition) is 2. The first-order valence-corrected chi connectivity index (χ1v) is 9.87. The summed E-state index contributed by atoms with van der Waals surface area (Å²) >= 11 is 0. The van der Waals surface area contributed by atoms with Gasteiger partial charge in [0.25, 0.3) is 0 Å². The van der Waals surface area contributed by atoms with E-state index in [-0.39, 0.29) is 17.9 Å². The molecule has 24 heavy (non-hydrogen) atoms. The van der Waals surface area contributed by atoms with Gasteiger partial charge in [-0.25, -0.2) is 12.8 Å². The van der Waals surface area contributed by atoms with Gasteiger partial charge < -0.3 is 5.32 Å². The molecule has 1 aromatic carbocycles. The van der Waals surface area contributed by atoms with Crippen LogP contribution in [0.5, 0.6) is 0 Å². The Labute approximate surface area is 143 Å². The predicted molar refractivity (Wildman–Crippen MR) is 90.4 cm³/mol. The van der Waals surface area contributed by atoms with Crippen LogP contribution in [0.15, 0.2) is 29.2 Å². The molecule has 1 amide bonds. The summed E-state index contributed by atoms with van der Waals surface area (Å²) in [7, 11) is -4.11. The van der Waals surface area contributed by atoms with Gasteiger partial charge in [-0.05, 0) is 30.9 Å². The van der Waals surface area contributed by atoms with Gasteiger partial charge in [0.05, 0.1) is 0 Å². The molecule has 0 spiro atoms. The minimum atomic E-state index is -4.11. The molecule has 0 heterocycles. The first-order valence-electron chi connectivity index (χ1n) is 8.38. The summed E-state index contributed by atoms with van der Waals surface area (Å²) in [4.78, 5) is 12.1. The van der Waals surface area contributed by atoms with Crippen molar-refractivity contribution in [1.29, 1.82) is 0 Å². The van der Waals surface area contributed by atoms with E-state index in [4.69, 9.17) is 0 Å². The van der Waals surface area contributed by atoms with Crippen molar-refractivity contribution in [1.82, 2.24) is 10.0 Å². The van der Waals surface area contributed by atoms with E-state index in [1.165, 1.54) is 24.6 Å². The van der Waals surface area contributed by atoms with E-state index in [0.717, 1.165) is 31.7 Å². The van der Waals surface area contributed by atoms with Crippen LogP contribution < -0.4 is 10.0 Å². The van der Waals surface area contributed by atoms with E-state index < -0.39 is 26.8 Å². The zero-order chi connectivity index (χ0) is 17.7. The number of halogens is 1. The number of benzene rings is 1. The van der Waals surface area contributed by atoms with Crippen LogP contribution >= 0.6 is 0 Å². The topological polar surface area (TPSA) is 75.3 Å². The number of hydrogen-bond acceptors (Lipinski definition) is 3. The molecule has 1 saturated carbocycles. The van der Waals surface area contributed by atoms with Crippen molar-refractivity contribution in [3.63, 3.8) is 0 Å². The first kappa shape index (κ1) is 18.9. The van der Waals surface area contributed by atoms with Crippen molar-refractivity contribution in [3.05, 3.63) is 30.1 Å². The Bertz CT molecular complexity index is 670. The Hall–Kier alpha value is -1.47. The minimum Gasteiger partial charge on any atom is -0.352 e. The second kappa shape index (κ2) is 8.07. The zero-order valence-corrected chi connectivity index (χ0v) is 14.9. The Morgan fingerprint density at radius 2 is 1.79 bits per heavy atom. The first-order chi connectivity index (χ1) is 11.3. The van der Waals surface area contributed by atoms with Crippen molar-refractivity contribution < 1.29 is 17.6 Å². The van der Waals surface area contributed by atoms with Crippen molar-refractivity contribution in [2.75, 3.05) is 0 Å². The Balaban J connectivity index is 2.12. The van der Waals surface area contributed by atoms with E-state index in [2.05, 4.69) is 10.0 Å². The molecule has 1 aromatic rings. The van der Waals surface area contributed by atoms with E-state index in [9.17, 15) is 17.6 Å². The molecule has 0 bridgehead atoms. The molecule has 0 radical (unpaired) electrons. The molecule has 134 valence electrons. The lowest BCUT2D eigenvalue weighted by molar-refractivity contribution is -0.124. The van der Waals surface area contributed by atoms with Crippen molar-refractivity contribution >= 4 is 15.9 Å². The lowest BCUT2D eigenvalue weighted by atomic mass is 9.94. The van der Waals surface area contributed by atoms with Gasteiger partial charge >= 0.3 is 0 Å². The Morgan fingerprint density at radius 3 is 2.38 bits per heavy atom. The molecular weight excluding hydrogens is 331 g/mol. The summed E-state index contributed by atoms with van der Waals surface area (Å²) in [5.74, 6) is -1.44. The van der Waals surface area contributed by atoms with Crippen LogP contribution in [0.2, 0.25) is 0 Å². The average molecular weight is 356 g/mol. The van der Waals surface area contributed by atoms with Gasteiger partial charge in [0, 0.05) is 6.04 Å². The third-order valence-electron chi connectivity index (χ3n) is 4.31. The van der Waals surface area contributed by atoms with E-state index in [1.807, 2.05) is 0 Å². The third-order valence-corrected chi connectivity index (χ3v) is 5.78. The number of nitrogens with one attached hydrogen (secondary N) is 2. The summed E-state index contributed by atoms with van der Waals surface area (Å²) in [5.41, 5.74) is 0. The van der Waals surface area contributed by atoms with Crippen molar-refractivity contribution in [3.8, 4) is 0 Å². The van der Waals surface area contributed by atoms with E-state index >= 15 is 0 Å². The smallest absolute Gasteiger partial charge is 0.244 e. The molecule has 0 aliphatic heterocycles. The fraction of sp³-hybridized carbons (Fsp3) is 0.588. The normalized spacial score (nSPS) is 17.7. The van der Waals surface area contributed by atoms with Gasteiger partial charge in [-0.1, -0.05) is 45.2 Å². The third kappa shape index (κ3) is 4.77. The number of carbonyl (C=O) groups is 1. The van der Waals surface area contributed by atoms with Crippen LogP contribution in [-0.2, 0) is 14.8 Å². The molecule has 1 aliphatic rings. The zero-order valence-electron chi connectivity index (χ0n) is 14.1. The van der Waals surface area contributed by atoms with Crippen LogP contribution in [0.3, 0.4) is 0 Å². The van der Waals surface area contributed by atoms with E-state index in [1.54, 1.807) is 13.8 Å². The molecule has 2 N–H and O–H groups in total. The predicted octanol–water partition coefficient (Wildman–Crippen LogP) is 2.58. The van der Waals surface area contributed by atoms with Crippen LogP contribution in [-0.4, -0.2) is 26.4 Å². The number of amides is 1. The highest BCUT2D eigenvalue weighted by Crippen LogP contribution is 2.19. The monoisotopic (exact) mass is 356 g/mol. The van der Waals surface area contributed by atoms with Crippen LogP contribution in [0.25, 0.3) is 0 Å². The second-order valence-corrected chi connectivity index (χ2v) is 8.30. The molecule has 2 rings (SSSR count). The molecule has 1 fully saturated rings. The lowest BCUT2D eigenvalue weighted by Gasteiger charge is -2.27. The summed E-state index contributed by atoms with van der Waals surface area (Å²) < 4.78 is 41.0.